The van der Waals surface area contributed by atoms with E-state index in [1.54, 1.807) is 11.0 Å². The van der Waals surface area contributed by atoms with Crippen molar-refractivity contribution in [1.82, 2.24) is 9.80 Å². The molecule has 1 heterocycles. The first-order valence-corrected chi connectivity index (χ1v) is 12.7. The molecule has 0 aromatic heterocycles. The summed E-state index contributed by atoms with van der Waals surface area (Å²) >= 11 is 0. The number of anilines is 1. The Morgan fingerprint density at radius 3 is 2.55 bits per heavy atom. The fraction of sp³-hybridized carbons (Fsp3) is 0.367. The quantitative estimate of drug-likeness (QED) is 0.212. The summed E-state index contributed by atoms with van der Waals surface area (Å²) in [5, 5.41) is 2.50. The van der Waals surface area contributed by atoms with Crippen molar-refractivity contribution in [2.24, 2.45) is 0 Å². The smallest absolute Gasteiger partial charge is 0.317 e. The van der Waals surface area contributed by atoms with Crippen LogP contribution in [0, 0.1) is 18.2 Å². The minimum atomic E-state index is -4.72. The second-order valence-electron chi connectivity index (χ2n) is 9.49. The van der Waals surface area contributed by atoms with Crippen LogP contribution in [0.15, 0.2) is 72.3 Å². The molecular formula is C30H33F4N3O. The highest BCUT2D eigenvalue weighted by Crippen LogP contribution is 2.32. The highest BCUT2D eigenvalue weighted by Gasteiger charge is 2.32. The van der Waals surface area contributed by atoms with E-state index in [0.717, 1.165) is 63.0 Å². The second-order valence-corrected chi connectivity index (χ2v) is 9.49. The monoisotopic (exact) mass is 527 g/mol. The van der Waals surface area contributed by atoms with Crippen LogP contribution in [0.2, 0.25) is 0 Å². The summed E-state index contributed by atoms with van der Waals surface area (Å²) in [5.74, 6) is 1.40. The molecule has 1 N–H and O–H groups in total. The van der Waals surface area contributed by atoms with Crippen LogP contribution in [0.5, 0.6) is 0 Å². The first-order chi connectivity index (χ1) is 18.2. The molecule has 2 aromatic carbocycles. The number of allylic oxidation sites excluding steroid dienone is 4. The maximum Gasteiger partial charge on any atom is 0.416 e. The number of amides is 2. The summed E-state index contributed by atoms with van der Waals surface area (Å²) < 4.78 is 53.4. The van der Waals surface area contributed by atoms with E-state index < -0.39 is 23.6 Å². The standard InChI is InChI=1S/C30H33F4N3O/c1-3-4-6-10-23(2)11-9-16-36-17-14-28(15-18-36)37(22-24-12-7-5-8-13-24)29(38)35-27-20-25(30(32,33)34)19-26(31)21-27/h1,4-8,10,12-13,19-21,28H,9,11,14-18,22H2,2H3,(H,35,38)/b6-4-,23-10+. The van der Waals surface area contributed by atoms with Crippen LogP contribution in [0.1, 0.15) is 43.7 Å². The molecule has 1 saturated heterocycles. The highest BCUT2D eigenvalue weighted by atomic mass is 19.4. The van der Waals surface area contributed by atoms with E-state index in [1.807, 2.05) is 42.5 Å². The molecule has 0 aliphatic carbocycles. The van der Waals surface area contributed by atoms with Crippen molar-refractivity contribution in [2.75, 3.05) is 25.0 Å². The molecule has 38 heavy (non-hydrogen) atoms. The molecule has 1 aliphatic heterocycles. The Bertz CT molecular complexity index is 1160. The number of nitrogens with zero attached hydrogens (tertiary/aromatic N) is 2. The average molecular weight is 528 g/mol. The molecule has 1 aliphatic rings. The molecule has 0 atom stereocenters. The van der Waals surface area contributed by atoms with Crippen LogP contribution in [0.3, 0.4) is 0 Å². The first kappa shape index (κ1) is 29.0. The van der Waals surface area contributed by atoms with Gasteiger partial charge in [-0.3, -0.25) is 0 Å². The van der Waals surface area contributed by atoms with Crippen LogP contribution >= 0.6 is 0 Å². The van der Waals surface area contributed by atoms with Crippen LogP contribution < -0.4 is 5.32 Å². The van der Waals surface area contributed by atoms with Gasteiger partial charge in [0.2, 0.25) is 0 Å². The van der Waals surface area contributed by atoms with Gasteiger partial charge in [0.1, 0.15) is 5.82 Å². The van der Waals surface area contributed by atoms with E-state index in [4.69, 9.17) is 6.42 Å². The molecule has 3 rings (SSSR count). The predicted octanol–water partition coefficient (Wildman–Crippen LogP) is 7.26. The zero-order valence-electron chi connectivity index (χ0n) is 21.5. The minimum absolute atomic E-state index is 0.0994. The van der Waals surface area contributed by atoms with Crippen molar-refractivity contribution in [3.05, 3.63) is 89.3 Å². The molecule has 2 aromatic rings. The molecular weight excluding hydrogens is 494 g/mol. The van der Waals surface area contributed by atoms with Crippen molar-refractivity contribution in [1.29, 1.82) is 0 Å². The third-order valence-electron chi connectivity index (χ3n) is 6.55. The van der Waals surface area contributed by atoms with Crippen LogP contribution in [-0.2, 0) is 12.7 Å². The van der Waals surface area contributed by atoms with Crippen LogP contribution in [0.4, 0.5) is 28.0 Å². The summed E-state index contributed by atoms with van der Waals surface area (Å²) in [6.45, 7) is 4.92. The fourth-order valence-corrected chi connectivity index (χ4v) is 4.55. The van der Waals surface area contributed by atoms with Gasteiger partial charge in [-0.2, -0.15) is 13.2 Å². The van der Waals surface area contributed by atoms with E-state index in [2.05, 4.69) is 23.1 Å². The Morgan fingerprint density at radius 1 is 1.18 bits per heavy atom. The number of terminal acetylenes is 1. The van der Waals surface area contributed by atoms with Crippen molar-refractivity contribution < 1.29 is 22.4 Å². The minimum Gasteiger partial charge on any atom is -0.317 e. The zero-order chi connectivity index (χ0) is 27.5. The van der Waals surface area contributed by atoms with Crippen molar-refractivity contribution in [3.8, 4) is 12.3 Å². The number of halogens is 4. The number of hydrogen-bond acceptors (Lipinski definition) is 2. The summed E-state index contributed by atoms with van der Waals surface area (Å²) in [4.78, 5) is 17.3. The van der Waals surface area contributed by atoms with Crippen LogP contribution in [0.25, 0.3) is 0 Å². The second kappa shape index (κ2) is 13.8. The lowest BCUT2D eigenvalue weighted by Gasteiger charge is -2.38. The lowest BCUT2D eigenvalue weighted by Crippen LogP contribution is -2.48. The largest absolute Gasteiger partial charge is 0.416 e. The Morgan fingerprint density at radius 2 is 1.89 bits per heavy atom. The van der Waals surface area contributed by atoms with Gasteiger partial charge >= 0.3 is 12.2 Å². The number of nitrogens with one attached hydrogen (secondary N) is 1. The Balaban J connectivity index is 1.64. The molecule has 4 nitrogen and oxygen atoms in total. The maximum atomic E-state index is 13.9. The van der Waals surface area contributed by atoms with E-state index in [9.17, 15) is 22.4 Å². The SMILES string of the molecule is C#C/C=C\C=C(/C)CCCN1CCC(N(Cc2ccccc2)C(=O)Nc2cc(F)cc(C(F)(F)F)c2)CC1. The zero-order valence-corrected chi connectivity index (χ0v) is 21.5. The molecule has 0 spiro atoms. The topological polar surface area (TPSA) is 35.6 Å². The number of carbonyl (C=O) groups excluding carboxylic acids is 1. The molecule has 2 amide bonds. The summed E-state index contributed by atoms with van der Waals surface area (Å²) in [7, 11) is 0. The molecule has 202 valence electrons. The fourth-order valence-electron chi connectivity index (χ4n) is 4.55. The van der Waals surface area contributed by atoms with Crippen molar-refractivity contribution in [2.45, 2.75) is 51.4 Å². The summed E-state index contributed by atoms with van der Waals surface area (Å²) in [6, 6.07) is 10.8. The lowest BCUT2D eigenvalue weighted by molar-refractivity contribution is -0.137. The van der Waals surface area contributed by atoms with Crippen LogP contribution in [-0.4, -0.2) is 41.5 Å². The Labute approximate surface area is 222 Å². The first-order valence-electron chi connectivity index (χ1n) is 12.7. The van der Waals surface area contributed by atoms with Gasteiger partial charge in [-0.15, -0.1) is 6.42 Å². The van der Waals surface area contributed by atoms with E-state index in [0.29, 0.717) is 12.6 Å². The molecule has 0 unspecified atom stereocenters. The van der Waals surface area contributed by atoms with Gasteiger partial charge in [-0.05, 0) is 69.0 Å². The molecule has 0 bridgehead atoms. The third kappa shape index (κ3) is 9.07. The van der Waals surface area contributed by atoms with Gasteiger partial charge in [0.15, 0.2) is 0 Å². The number of piperidine rings is 1. The predicted molar refractivity (Wildman–Crippen MR) is 143 cm³/mol. The summed E-state index contributed by atoms with van der Waals surface area (Å²) in [5.41, 5.74) is 0.788. The van der Waals surface area contributed by atoms with Gasteiger partial charge in [-0.25, -0.2) is 9.18 Å². The maximum absolute atomic E-state index is 13.9. The third-order valence-corrected chi connectivity index (χ3v) is 6.55. The number of likely N-dealkylation sites (tertiary alicyclic amines) is 1. The Kier molecular flexibility index (Phi) is 10.5. The number of alkyl halides is 3. The highest BCUT2D eigenvalue weighted by molar-refractivity contribution is 5.89. The van der Waals surface area contributed by atoms with Gasteiger partial charge in [0.25, 0.3) is 0 Å². The number of hydrogen-bond donors (Lipinski definition) is 1. The lowest BCUT2D eigenvalue weighted by atomic mass is 10.0. The Hall–Kier alpha value is -3.57. The molecule has 0 saturated carbocycles. The van der Waals surface area contributed by atoms with Crippen molar-refractivity contribution >= 4 is 11.7 Å². The average Bonchev–Trinajstić information content (AvgIpc) is 2.88. The normalized spacial score (nSPS) is 15.4. The van der Waals surface area contributed by atoms with E-state index in [-0.39, 0.29) is 11.7 Å². The van der Waals surface area contributed by atoms with E-state index >= 15 is 0 Å². The van der Waals surface area contributed by atoms with Gasteiger partial charge < -0.3 is 15.1 Å². The van der Waals surface area contributed by atoms with Crippen molar-refractivity contribution in [3.63, 3.8) is 0 Å². The summed E-state index contributed by atoms with van der Waals surface area (Å²) in [6.07, 6.45) is 9.47. The number of rotatable bonds is 9. The van der Waals surface area contributed by atoms with Gasteiger partial charge in [-0.1, -0.05) is 54.0 Å². The van der Waals surface area contributed by atoms with Gasteiger partial charge in [0.05, 0.1) is 5.56 Å². The number of urea groups is 1. The number of carbonyl (C=O) groups is 1. The molecule has 0 radical (unpaired) electrons. The molecule has 1 fully saturated rings. The molecule has 8 heteroatoms. The number of benzene rings is 2. The van der Waals surface area contributed by atoms with E-state index in [1.165, 1.54) is 5.57 Å². The van der Waals surface area contributed by atoms with Gasteiger partial charge in [0, 0.05) is 31.4 Å².